The van der Waals surface area contributed by atoms with Crippen molar-refractivity contribution in [3.05, 3.63) is 22.7 Å². The molecule has 1 aromatic carbocycles. The quantitative estimate of drug-likeness (QED) is 0.875. The van der Waals surface area contributed by atoms with Crippen LogP contribution in [0.1, 0.15) is 0 Å². The molecule has 0 atom stereocenters. The first-order chi connectivity index (χ1) is 8.27. The highest BCUT2D eigenvalue weighted by molar-refractivity contribution is 9.10. The van der Waals surface area contributed by atoms with Crippen molar-refractivity contribution in [3.63, 3.8) is 0 Å². The van der Waals surface area contributed by atoms with Gasteiger partial charge in [-0.25, -0.2) is 0 Å². The molecule has 0 fully saturated rings. The van der Waals surface area contributed by atoms with E-state index in [9.17, 15) is 0 Å². The second-order valence-corrected chi connectivity index (χ2v) is 4.33. The number of fused-ring (bicyclic) bond motifs is 1. The summed E-state index contributed by atoms with van der Waals surface area (Å²) in [4.78, 5) is 0. The van der Waals surface area contributed by atoms with E-state index in [2.05, 4.69) is 21.1 Å². The topological polar surface area (TPSA) is 70.5 Å². The third-order valence-corrected chi connectivity index (χ3v) is 3.24. The van der Waals surface area contributed by atoms with Gasteiger partial charge in [0.1, 0.15) is 17.7 Å². The van der Waals surface area contributed by atoms with Crippen molar-refractivity contribution in [1.82, 2.24) is 5.16 Å². The Morgan fingerprint density at radius 3 is 2.82 bits per heavy atom. The molecule has 88 valence electrons. The number of benzene rings is 1. The Morgan fingerprint density at radius 2 is 2.06 bits per heavy atom. The van der Waals surface area contributed by atoms with Gasteiger partial charge in [-0.05, 0) is 28.1 Å². The number of nitrogens with zero attached hydrogens (tertiary/aromatic N) is 1. The molecule has 17 heavy (non-hydrogen) atoms. The highest BCUT2D eigenvalue weighted by atomic mass is 79.9. The Bertz CT molecular complexity index is 568. The number of ether oxygens (including phenoxy) is 2. The Kier molecular flexibility index (Phi) is 2.44. The van der Waals surface area contributed by atoms with Crippen molar-refractivity contribution >= 4 is 21.7 Å². The number of hydrogen-bond donors (Lipinski definition) is 1. The third-order valence-electron chi connectivity index (χ3n) is 2.47. The zero-order valence-electron chi connectivity index (χ0n) is 8.77. The average Bonchev–Trinajstić information content (AvgIpc) is 2.69. The minimum atomic E-state index is 0.314. The molecule has 2 heterocycles. The number of nitrogen functional groups attached to an aromatic ring is 1. The molecule has 0 bridgehead atoms. The SMILES string of the molecule is Nc1noc(-c2cccc3c2OCCO3)c1Br. The fourth-order valence-corrected chi connectivity index (χ4v) is 2.07. The van der Waals surface area contributed by atoms with Crippen LogP contribution in [0.3, 0.4) is 0 Å². The summed E-state index contributed by atoms with van der Waals surface area (Å²) in [6.45, 7) is 1.07. The molecule has 0 saturated heterocycles. The summed E-state index contributed by atoms with van der Waals surface area (Å²) in [6, 6.07) is 5.60. The van der Waals surface area contributed by atoms with E-state index >= 15 is 0 Å². The van der Waals surface area contributed by atoms with Crippen LogP contribution >= 0.6 is 15.9 Å². The van der Waals surface area contributed by atoms with Crippen molar-refractivity contribution in [2.45, 2.75) is 0 Å². The fourth-order valence-electron chi connectivity index (χ4n) is 1.71. The van der Waals surface area contributed by atoms with E-state index in [0.29, 0.717) is 40.8 Å². The lowest BCUT2D eigenvalue weighted by Gasteiger charge is -2.20. The minimum absolute atomic E-state index is 0.314. The van der Waals surface area contributed by atoms with Gasteiger partial charge in [-0.3, -0.25) is 0 Å². The van der Waals surface area contributed by atoms with Gasteiger partial charge in [0.25, 0.3) is 0 Å². The maximum absolute atomic E-state index is 5.63. The molecular formula is C11H9BrN2O3. The molecule has 2 N–H and O–H groups in total. The first-order valence-electron chi connectivity index (χ1n) is 5.07. The van der Waals surface area contributed by atoms with Gasteiger partial charge in [-0.15, -0.1) is 0 Å². The number of nitrogens with two attached hydrogens (primary N) is 1. The normalized spacial score (nSPS) is 13.7. The van der Waals surface area contributed by atoms with Gasteiger partial charge in [0.2, 0.25) is 0 Å². The summed E-state index contributed by atoms with van der Waals surface area (Å²) in [5.41, 5.74) is 6.41. The van der Waals surface area contributed by atoms with Gasteiger partial charge in [0, 0.05) is 0 Å². The van der Waals surface area contributed by atoms with Crippen LogP contribution in [0.15, 0.2) is 27.2 Å². The van der Waals surface area contributed by atoms with E-state index in [1.165, 1.54) is 0 Å². The lowest BCUT2D eigenvalue weighted by molar-refractivity contribution is 0.172. The predicted octanol–water partition coefficient (Wildman–Crippen LogP) is 2.46. The molecule has 1 aliphatic heterocycles. The number of anilines is 1. The van der Waals surface area contributed by atoms with Crippen LogP contribution in [-0.4, -0.2) is 18.4 Å². The van der Waals surface area contributed by atoms with Crippen molar-refractivity contribution < 1.29 is 14.0 Å². The van der Waals surface area contributed by atoms with E-state index in [-0.39, 0.29) is 0 Å². The molecule has 0 aliphatic carbocycles. The molecule has 0 radical (unpaired) electrons. The first kappa shape index (κ1) is 10.5. The van der Waals surface area contributed by atoms with Gasteiger partial charge in [-0.1, -0.05) is 11.2 Å². The first-order valence-corrected chi connectivity index (χ1v) is 5.86. The molecule has 0 spiro atoms. The number of para-hydroxylation sites is 1. The Labute approximate surface area is 106 Å². The van der Waals surface area contributed by atoms with Crippen LogP contribution in [0.4, 0.5) is 5.82 Å². The lowest BCUT2D eigenvalue weighted by atomic mass is 10.1. The van der Waals surface area contributed by atoms with Crippen LogP contribution in [0.2, 0.25) is 0 Å². The predicted molar refractivity (Wildman–Crippen MR) is 65.0 cm³/mol. The molecular weight excluding hydrogens is 288 g/mol. The van der Waals surface area contributed by atoms with E-state index in [1.807, 2.05) is 18.2 Å². The van der Waals surface area contributed by atoms with Gasteiger partial charge in [0.05, 0.1) is 5.56 Å². The van der Waals surface area contributed by atoms with Crippen LogP contribution in [0, 0.1) is 0 Å². The second kappa shape index (κ2) is 3.96. The molecule has 5 nitrogen and oxygen atoms in total. The van der Waals surface area contributed by atoms with Crippen molar-refractivity contribution in [2.24, 2.45) is 0 Å². The van der Waals surface area contributed by atoms with Crippen LogP contribution in [-0.2, 0) is 0 Å². The summed E-state index contributed by atoms with van der Waals surface area (Å²) in [7, 11) is 0. The number of aromatic nitrogens is 1. The maximum atomic E-state index is 5.63. The maximum Gasteiger partial charge on any atom is 0.187 e. The molecule has 3 rings (SSSR count). The zero-order valence-corrected chi connectivity index (χ0v) is 10.4. The molecule has 0 amide bonds. The Hall–Kier alpha value is -1.69. The standard InChI is InChI=1S/C11H9BrN2O3/c12-8-10(17-14-11(8)13)6-2-1-3-7-9(6)16-5-4-15-7/h1-3H,4-5H2,(H2,13,14). The largest absolute Gasteiger partial charge is 0.486 e. The molecule has 2 aromatic rings. The summed E-state index contributed by atoms with van der Waals surface area (Å²) < 4.78 is 16.9. The monoisotopic (exact) mass is 296 g/mol. The van der Waals surface area contributed by atoms with Gasteiger partial charge in [-0.2, -0.15) is 0 Å². The van der Waals surface area contributed by atoms with Gasteiger partial charge < -0.3 is 19.7 Å². The van der Waals surface area contributed by atoms with Gasteiger partial charge >= 0.3 is 0 Å². The molecule has 0 unspecified atom stereocenters. The molecule has 1 aromatic heterocycles. The Morgan fingerprint density at radius 1 is 1.24 bits per heavy atom. The van der Waals surface area contributed by atoms with E-state index in [0.717, 1.165) is 5.56 Å². The second-order valence-electron chi connectivity index (χ2n) is 3.54. The van der Waals surface area contributed by atoms with Gasteiger partial charge in [0.15, 0.2) is 23.1 Å². The van der Waals surface area contributed by atoms with Crippen molar-refractivity contribution in [1.29, 1.82) is 0 Å². The van der Waals surface area contributed by atoms with Crippen LogP contribution in [0.5, 0.6) is 11.5 Å². The van der Waals surface area contributed by atoms with E-state index in [4.69, 9.17) is 19.7 Å². The smallest absolute Gasteiger partial charge is 0.187 e. The Balaban J connectivity index is 2.18. The van der Waals surface area contributed by atoms with E-state index in [1.54, 1.807) is 0 Å². The summed E-state index contributed by atoms with van der Waals surface area (Å²) in [5.74, 6) is 2.23. The van der Waals surface area contributed by atoms with Crippen molar-refractivity contribution in [2.75, 3.05) is 18.9 Å². The average molecular weight is 297 g/mol. The minimum Gasteiger partial charge on any atom is -0.486 e. The van der Waals surface area contributed by atoms with Crippen LogP contribution < -0.4 is 15.2 Å². The fraction of sp³-hybridized carbons (Fsp3) is 0.182. The highest BCUT2D eigenvalue weighted by Gasteiger charge is 2.22. The third kappa shape index (κ3) is 1.64. The molecule has 6 heteroatoms. The highest BCUT2D eigenvalue weighted by Crippen LogP contribution is 2.43. The summed E-state index contributed by atoms with van der Waals surface area (Å²) >= 11 is 3.34. The molecule has 0 saturated carbocycles. The number of rotatable bonds is 1. The number of halogens is 1. The number of hydrogen-bond acceptors (Lipinski definition) is 5. The molecule has 1 aliphatic rings. The van der Waals surface area contributed by atoms with Crippen molar-refractivity contribution in [3.8, 4) is 22.8 Å². The van der Waals surface area contributed by atoms with Crippen LogP contribution in [0.25, 0.3) is 11.3 Å². The summed E-state index contributed by atoms with van der Waals surface area (Å²) in [5, 5.41) is 3.70. The summed E-state index contributed by atoms with van der Waals surface area (Å²) in [6.07, 6.45) is 0. The zero-order chi connectivity index (χ0) is 11.8. The lowest BCUT2D eigenvalue weighted by Crippen LogP contribution is -2.15. The van der Waals surface area contributed by atoms with E-state index < -0.39 is 0 Å².